The fraction of sp³-hybridized carbons (Fsp3) is 0.222. The van der Waals surface area contributed by atoms with Crippen molar-refractivity contribution in [3.63, 3.8) is 0 Å². The van der Waals surface area contributed by atoms with Crippen LogP contribution in [-0.2, 0) is 6.54 Å². The molecule has 220 valence electrons. The van der Waals surface area contributed by atoms with Crippen LogP contribution in [0.4, 0.5) is 4.39 Å². The number of pyridine rings is 1. The van der Waals surface area contributed by atoms with Gasteiger partial charge in [-0.1, -0.05) is 39.1 Å². The van der Waals surface area contributed by atoms with Gasteiger partial charge in [-0.05, 0) is 104 Å². The molecule has 0 aliphatic carbocycles. The lowest BCUT2D eigenvalue weighted by Gasteiger charge is -2.13. The Labute approximate surface area is 252 Å². The van der Waals surface area contributed by atoms with E-state index < -0.39 is 0 Å². The molecular weight excluding hydrogens is 535 g/mol. The van der Waals surface area contributed by atoms with E-state index in [9.17, 15) is 4.39 Å². The predicted molar refractivity (Wildman–Crippen MR) is 178 cm³/mol. The third-order valence-electron chi connectivity index (χ3n) is 7.28. The van der Waals surface area contributed by atoms with E-state index in [4.69, 9.17) is 0 Å². The molecule has 0 fully saturated rings. The van der Waals surface area contributed by atoms with E-state index in [2.05, 4.69) is 82.8 Å². The summed E-state index contributed by atoms with van der Waals surface area (Å²) in [5.74, 6) is 0.251. The van der Waals surface area contributed by atoms with Crippen molar-refractivity contribution in [2.45, 2.75) is 33.7 Å². The number of fused-ring (bicyclic) bond motifs is 2. The van der Waals surface area contributed by atoms with Crippen molar-refractivity contribution in [2.24, 2.45) is 5.92 Å². The maximum absolute atomic E-state index is 14.6. The Kier molecular flexibility index (Phi) is 8.73. The minimum atomic E-state index is -0.263. The SMILES string of the molecule is C=C/C(=C\C(=C/C)c1ccc2[nH]nc(-c3cc4c(-c5cc(F)cc(CN(C)C)c5)cncc4[nH]3)c2c1)NC(=C)CC(C)C. The van der Waals surface area contributed by atoms with Gasteiger partial charge in [-0.2, -0.15) is 5.10 Å². The molecule has 43 heavy (non-hydrogen) atoms. The first-order valence-electron chi connectivity index (χ1n) is 14.5. The zero-order valence-corrected chi connectivity index (χ0v) is 25.6. The van der Waals surface area contributed by atoms with Crippen LogP contribution in [0, 0.1) is 11.7 Å². The standard InChI is InChI=1S/C36H39FN6/c1-8-25(16-29(9-2)39-23(5)12-22(3)4)26-10-11-33-31(17-26)36(42-41-33)34-18-30-32(19-38-20-35(30)40-34)27-13-24(21-43(6)7)14-28(37)15-27/h8-11,13-20,22,39-40H,2,5,12,21H2,1,3-4,6-7H3,(H,41,42)/b25-8+,29-16+. The number of nitrogens with zero attached hydrogens (tertiary/aromatic N) is 3. The highest BCUT2D eigenvalue weighted by molar-refractivity contribution is 6.01. The number of rotatable bonds is 11. The Bertz CT molecular complexity index is 1870. The second-order valence-electron chi connectivity index (χ2n) is 11.6. The Morgan fingerprint density at radius 3 is 2.60 bits per heavy atom. The molecular formula is C36H39FN6. The maximum Gasteiger partial charge on any atom is 0.124 e. The summed E-state index contributed by atoms with van der Waals surface area (Å²) < 4.78 is 14.6. The smallest absolute Gasteiger partial charge is 0.124 e. The van der Waals surface area contributed by atoms with E-state index in [1.807, 2.05) is 44.1 Å². The summed E-state index contributed by atoms with van der Waals surface area (Å²) >= 11 is 0. The summed E-state index contributed by atoms with van der Waals surface area (Å²) in [4.78, 5) is 9.98. The molecule has 2 aromatic carbocycles. The molecule has 0 amide bonds. The minimum Gasteiger partial charge on any atom is -0.359 e. The molecule has 0 saturated heterocycles. The van der Waals surface area contributed by atoms with Crippen LogP contribution in [0.3, 0.4) is 0 Å². The van der Waals surface area contributed by atoms with Gasteiger partial charge in [-0.3, -0.25) is 10.1 Å². The Balaban J connectivity index is 1.53. The number of hydrogen-bond donors (Lipinski definition) is 3. The van der Waals surface area contributed by atoms with Crippen LogP contribution in [-0.4, -0.2) is 39.2 Å². The van der Waals surface area contributed by atoms with Crippen LogP contribution in [0.2, 0.25) is 0 Å². The van der Waals surface area contributed by atoms with Crippen molar-refractivity contribution in [3.8, 4) is 22.5 Å². The lowest BCUT2D eigenvalue weighted by Crippen LogP contribution is -2.12. The minimum absolute atomic E-state index is 0.263. The Morgan fingerprint density at radius 1 is 1.07 bits per heavy atom. The molecule has 0 aliphatic rings. The highest BCUT2D eigenvalue weighted by Gasteiger charge is 2.16. The lowest BCUT2D eigenvalue weighted by atomic mass is 10.00. The summed E-state index contributed by atoms with van der Waals surface area (Å²) in [6.45, 7) is 15.2. The van der Waals surface area contributed by atoms with E-state index >= 15 is 0 Å². The van der Waals surface area contributed by atoms with E-state index in [1.165, 1.54) is 0 Å². The molecule has 3 N–H and O–H groups in total. The molecule has 0 saturated carbocycles. The maximum atomic E-state index is 14.6. The third kappa shape index (κ3) is 6.68. The second kappa shape index (κ2) is 12.6. The monoisotopic (exact) mass is 574 g/mol. The number of nitrogens with one attached hydrogen (secondary N) is 3. The molecule has 0 radical (unpaired) electrons. The molecule has 0 aliphatic heterocycles. The van der Waals surface area contributed by atoms with Gasteiger partial charge in [-0.15, -0.1) is 0 Å². The second-order valence-corrected chi connectivity index (χ2v) is 11.6. The predicted octanol–water partition coefficient (Wildman–Crippen LogP) is 8.60. The van der Waals surface area contributed by atoms with Crippen LogP contribution < -0.4 is 5.32 Å². The average molecular weight is 575 g/mol. The molecule has 3 aromatic heterocycles. The third-order valence-corrected chi connectivity index (χ3v) is 7.28. The van der Waals surface area contributed by atoms with Gasteiger partial charge in [0.2, 0.25) is 0 Å². The van der Waals surface area contributed by atoms with Crippen molar-refractivity contribution < 1.29 is 4.39 Å². The summed E-state index contributed by atoms with van der Waals surface area (Å²) in [6.07, 6.45) is 10.5. The Morgan fingerprint density at radius 2 is 1.88 bits per heavy atom. The quantitative estimate of drug-likeness (QED) is 0.138. The molecule has 5 aromatic rings. The molecule has 6 nitrogen and oxygen atoms in total. The van der Waals surface area contributed by atoms with Crippen LogP contribution in [0.1, 0.15) is 38.3 Å². The number of hydrogen-bond acceptors (Lipinski definition) is 4. The van der Waals surface area contributed by atoms with Gasteiger partial charge in [0.1, 0.15) is 11.5 Å². The van der Waals surface area contributed by atoms with E-state index in [1.54, 1.807) is 24.5 Å². The van der Waals surface area contributed by atoms with Crippen LogP contribution >= 0.6 is 0 Å². The molecule has 7 heteroatoms. The first-order valence-corrected chi connectivity index (χ1v) is 14.5. The zero-order valence-electron chi connectivity index (χ0n) is 25.6. The highest BCUT2D eigenvalue weighted by Crippen LogP contribution is 2.35. The molecule has 5 rings (SSSR count). The number of H-pyrrole nitrogens is 2. The van der Waals surface area contributed by atoms with Crippen LogP contribution in [0.25, 0.3) is 49.9 Å². The molecule has 0 unspecified atom stereocenters. The lowest BCUT2D eigenvalue weighted by molar-refractivity contribution is 0.401. The van der Waals surface area contributed by atoms with Gasteiger partial charge in [-0.25, -0.2) is 4.39 Å². The van der Waals surface area contributed by atoms with Gasteiger partial charge in [0, 0.05) is 40.5 Å². The summed E-state index contributed by atoms with van der Waals surface area (Å²) in [5, 5.41) is 13.2. The summed E-state index contributed by atoms with van der Waals surface area (Å²) in [6, 6.07) is 13.5. The molecule has 0 atom stereocenters. The van der Waals surface area contributed by atoms with Crippen LogP contribution in [0.15, 0.2) is 97.6 Å². The average Bonchev–Trinajstić information content (AvgIpc) is 3.57. The number of allylic oxidation sites excluding steroid dienone is 5. The molecule has 0 spiro atoms. The fourth-order valence-corrected chi connectivity index (χ4v) is 5.46. The number of aromatic amines is 2. The van der Waals surface area contributed by atoms with Crippen molar-refractivity contribution in [1.82, 2.24) is 30.4 Å². The summed E-state index contributed by atoms with van der Waals surface area (Å²) in [5.41, 5.74) is 9.98. The van der Waals surface area contributed by atoms with Crippen molar-refractivity contribution in [2.75, 3.05) is 14.1 Å². The summed E-state index contributed by atoms with van der Waals surface area (Å²) in [7, 11) is 3.95. The van der Waals surface area contributed by atoms with Gasteiger partial charge < -0.3 is 15.2 Å². The van der Waals surface area contributed by atoms with Gasteiger partial charge in [0.15, 0.2) is 0 Å². The van der Waals surface area contributed by atoms with Crippen molar-refractivity contribution in [1.29, 1.82) is 0 Å². The molecule has 3 heterocycles. The first-order chi connectivity index (χ1) is 20.6. The molecule has 0 bridgehead atoms. The van der Waals surface area contributed by atoms with E-state index in [0.717, 1.165) is 78.8 Å². The zero-order chi connectivity index (χ0) is 30.7. The number of halogens is 1. The first kappa shape index (κ1) is 29.7. The van der Waals surface area contributed by atoms with Gasteiger partial charge in [0.05, 0.1) is 22.9 Å². The number of aromatic nitrogens is 4. The topological polar surface area (TPSA) is 72.6 Å². The fourth-order valence-electron chi connectivity index (χ4n) is 5.46. The highest BCUT2D eigenvalue weighted by atomic mass is 19.1. The Hall–Kier alpha value is -4.75. The van der Waals surface area contributed by atoms with Crippen LogP contribution in [0.5, 0.6) is 0 Å². The van der Waals surface area contributed by atoms with E-state index in [0.29, 0.717) is 12.5 Å². The normalized spacial score (nSPS) is 12.6. The van der Waals surface area contributed by atoms with Gasteiger partial charge in [0.25, 0.3) is 0 Å². The van der Waals surface area contributed by atoms with Gasteiger partial charge >= 0.3 is 0 Å². The van der Waals surface area contributed by atoms with E-state index in [-0.39, 0.29) is 5.82 Å². The largest absolute Gasteiger partial charge is 0.359 e. The number of benzene rings is 2. The van der Waals surface area contributed by atoms with Crippen molar-refractivity contribution in [3.05, 3.63) is 115 Å². The van der Waals surface area contributed by atoms with Crippen molar-refractivity contribution >= 4 is 27.4 Å².